The fourth-order valence-electron chi connectivity index (χ4n) is 2.54. The molecule has 6 nitrogen and oxygen atoms in total. The maximum absolute atomic E-state index is 9.39. The first-order chi connectivity index (χ1) is 13.1. The molecule has 0 aliphatic rings. The van der Waals surface area contributed by atoms with Gasteiger partial charge in [-0.25, -0.2) is 10.1 Å². The maximum Gasteiger partial charge on any atom is 0.216 e. The van der Waals surface area contributed by atoms with Gasteiger partial charge in [0.15, 0.2) is 5.82 Å². The SMILES string of the molecule is Cc1nc(-c2ccccc2)sc1-c1n[nH]c(=S)n1/N=C/c1ccc(O)cc1. The number of H-pyrrole nitrogens is 1. The molecule has 0 spiro atoms. The molecule has 0 saturated heterocycles. The molecule has 2 heterocycles. The smallest absolute Gasteiger partial charge is 0.216 e. The van der Waals surface area contributed by atoms with Crippen molar-refractivity contribution in [3.05, 3.63) is 70.6 Å². The highest BCUT2D eigenvalue weighted by Crippen LogP contribution is 2.34. The normalized spacial score (nSPS) is 11.3. The van der Waals surface area contributed by atoms with Gasteiger partial charge in [0.1, 0.15) is 10.8 Å². The number of aromatic hydroxyl groups is 1. The summed E-state index contributed by atoms with van der Waals surface area (Å²) in [6.07, 6.45) is 1.67. The predicted molar refractivity (Wildman–Crippen MR) is 110 cm³/mol. The van der Waals surface area contributed by atoms with E-state index in [9.17, 15) is 5.11 Å². The van der Waals surface area contributed by atoms with Gasteiger partial charge in [0, 0.05) is 5.56 Å². The Hall–Kier alpha value is -3.10. The quantitative estimate of drug-likeness (QED) is 0.391. The number of hydrogen-bond donors (Lipinski definition) is 2. The van der Waals surface area contributed by atoms with Crippen molar-refractivity contribution >= 4 is 29.8 Å². The molecule has 8 heteroatoms. The molecule has 0 bridgehead atoms. The minimum absolute atomic E-state index is 0.210. The summed E-state index contributed by atoms with van der Waals surface area (Å²) in [5.74, 6) is 0.827. The van der Waals surface area contributed by atoms with E-state index < -0.39 is 0 Å². The second-order valence-electron chi connectivity index (χ2n) is 5.80. The van der Waals surface area contributed by atoms with Crippen LogP contribution >= 0.6 is 23.6 Å². The van der Waals surface area contributed by atoms with Gasteiger partial charge in [-0.15, -0.1) is 11.3 Å². The van der Waals surface area contributed by atoms with Crippen LogP contribution in [0.4, 0.5) is 0 Å². The highest BCUT2D eigenvalue weighted by molar-refractivity contribution is 7.71. The van der Waals surface area contributed by atoms with Gasteiger partial charge in [0.05, 0.1) is 16.8 Å². The molecular weight excluding hydrogens is 378 g/mol. The zero-order valence-corrected chi connectivity index (χ0v) is 16.0. The van der Waals surface area contributed by atoms with E-state index in [-0.39, 0.29) is 5.75 Å². The summed E-state index contributed by atoms with van der Waals surface area (Å²) < 4.78 is 1.98. The lowest BCUT2D eigenvalue weighted by Gasteiger charge is -1.99. The van der Waals surface area contributed by atoms with Crippen LogP contribution in [0.15, 0.2) is 59.7 Å². The molecule has 4 rings (SSSR count). The van der Waals surface area contributed by atoms with Gasteiger partial charge in [0.2, 0.25) is 4.77 Å². The molecule has 2 aromatic carbocycles. The molecule has 0 aliphatic carbocycles. The largest absolute Gasteiger partial charge is 0.508 e. The van der Waals surface area contributed by atoms with Crippen molar-refractivity contribution < 1.29 is 5.11 Å². The van der Waals surface area contributed by atoms with Crippen LogP contribution in [0.5, 0.6) is 5.75 Å². The minimum Gasteiger partial charge on any atom is -0.508 e. The molecule has 0 unspecified atom stereocenters. The summed E-state index contributed by atoms with van der Waals surface area (Å²) >= 11 is 6.88. The molecule has 2 N–H and O–H groups in total. The topological polar surface area (TPSA) is 79.1 Å². The van der Waals surface area contributed by atoms with Crippen LogP contribution in [0.25, 0.3) is 21.3 Å². The highest BCUT2D eigenvalue weighted by Gasteiger charge is 2.17. The number of rotatable bonds is 4. The number of thiazole rings is 1. The first-order valence-corrected chi connectivity index (χ1v) is 9.38. The number of aromatic nitrogens is 4. The van der Waals surface area contributed by atoms with Gasteiger partial charge < -0.3 is 5.11 Å². The number of hydrogen-bond acceptors (Lipinski definition) is 6. The van der Waals surface area contributed by atoms with Crippen molar-refractivity contribution in [2.75, 3.05) is 0 Å². The Morgan fingerprint density at radius 3 is 2.63 bits per heavy atom. The van der Waals surface area contributed by atoms with Crippen LogP contribution in [-0.4, -0.2) is 31.2 Å². The maximum atomic E-state index is 9.39. The summed E-state index contributed by atoms with van der Waals surface area (Å²) in [5.41, 5.74) is 2.77. The Morgan fingerprint density at radius 1 is 1.15 bits per heavy atom. The number of aromatic amines is 1. The van der Waals surface area contributed by atoms with E-state index >= 15 is 0 Å². The molecule has 0 radical (unpaired) electrons. The Labute approximate surface area is 164 Å². The molecule has 0 atom stereocenters. The Bertz CT molecular complexity index is 1160. The lowest BCUT2D eigenvalue weighted by Crippen LogP contribution is -1.94. The van der Waals surface area contributed by atoms with E-state index in [0.717, 1.165) is 26.7 Å². The Morgan fingerprint density at radius 2 is 1.89 bits per heavy atom. The molecular formula is C19H15N5OS2. The molecule has 0 amide bonds. The summed E-state index contributed by atoms with van der Waals surface area (Å²) in [7, 11) is 0. The van der Waals surface area contributed by atoms with E-state index in [1.54, 1.807) is 46.5 Å². The number of phenolic OH excluding ortho intramolecular Hbond substituents is 1. The number of nitrogens with one attached hydrogen (secondary N) is 1. The van der Waals surface area contributed by atoms with E-state index in [0.29, 0.717) is 10.6 Å². The van der Waals surface area contributed by atoms with Crippen LogP contribution in [0, 0.1) is 11.7 Å². The zero-order chi connectivity index (χ0) is 18.8. The van der Waals surface area contributed by atoms with Gasteiger partial charge in [-0.1, -0.05) is 30.3 Å². The van der Waals surface area contributed by atoms with E-state index in [1.165, 1.54) is 0 Å². The third-order valence-electron chi connectivity index (χ3n) is 3.89. The standard InChI is InChI=1S/C19H15N5OS2/c1-12-16(27-18(21-12)14-5-3-2-4-6-14)17-22-23-19(26)24(17)20-11-13-7-9-15(25)10-8-13/h2-11,25H,1H3,(H,23,26)/b20-11+. The summed E-state index contributed by atoms with van der Waals surface area (Å²) in [4.78, 5) is 5.58. The van der Waals surface area contributed by atoms with E-state index in [4.69, 9.17) is 12.2 Å². The van der Waals surface area contributed by atoms with Crippen LogP contribution in [0.2, 0.25) is 0 Å². The van der Waals surface area contributed by atoms with Crippen molar-refractivity contribution in [3.8, 4) is 27.0 Å². The van der Waals surface area contributed by atoms with Gasteiger partial charge in [0.25, 0.3) is 0 Å². The molecule has 2 aromatic heterocycles. The van der Waals surface area contributed by atoms with Crippen molar-refractivity contribution in [1.29, 1.82) is 0 Å². The molecule has 0 aliphatic heterocycles. The monoisotopic (exact) mass is 393 g/mol. The Kier molecular flexibility index (Phi) is 4.66. The number of nitrogens with zero attached hydrogens (tertiary/aromatic N) is 4. The van der Waals surface area contributed by atoms with Crippen molar-refractivity contribution in [3.63, 3.8) is 0 Å². The third kappa shape index (κ3) is 3.57. The van der Waals surface area contributed by atoms with Crippen molar-refractivity contribution in [2.45, 2.75) is 6.92 Å². The van der Waals surface area contributed by atoms with Crippen LogP contribution in [0.3, 0.4) is 0 Å². The zero-order valence-electron chi connectivity index (χ0n) is 14.3. The van der Waals surface area contributed by atoms with Gasteiger partial charge in [-0.3, -0.25) is 0 Å². The van der Waals surface area contributed by atoms with Gasteiger partial charge in [-0.2, -0.15) is 14.9 Å². The fraction of sp³-hybridized carbons (Fsp3) is 0.0526. The first-order valence-electron chi connectivity index (χ1n) is 8.16. The van der Waals surface area contributed by atoms with E-state index in [1.807, 2.05) is 37.3 Å². The average Bonchev–Trinajstić information content (AvgIpc) is 3.24. The van der Waals surface area contributed by atoms with Gasteiger partial charge in [-0.05, 0) is 49.0 Å². The molecule has 0 fully saturated rings. The average molecular weight is 393 g/mol. The molecule has 134 valence electrons. The molecule has 4 aromatic rings. The van der Waals surface area contributed by atoms with Crippen molar-refractivity contribution in [2.24, 2.45) is 5.10 Å². The third-order valence-corrected chi connectivity index (χ3v) is 5.35. The summed E-state index contributed by atoms with van der Waals surface area (Å²) in [6.45, 7) is 1.95. The Balaban J connectivity index is 1.73. The van der Waals surface area contributed by atoms with Crippen LogP contribution < -0.4 is 0 Å². The summed E-state index contributed by atoms with van der Waals surface area (Å²) in [6, 6.07) is 16.8. The number of benzene rings is 2. The minimum atomic E-state index is 0.210. The van der Waals surface area contributed by atoms with Crippen molar-refractivity contribution in [1.82, 2.24) is 19.9 Å². The fourth-order valence-corrected chi connectivity index (χ4v) is 3.76. The molecule has 0 saturated carbocycles. The lowest BCUT2D eigenvalue weighted by atomic mass is 10.2. The van der Waals surface area contributed by atoms with Crippen LogP contribution in [0.1, 0.15) is 11.3 Å². The van der Waals surface area contributed by atoms with E-state index in [2.05, 4.69) is 20.3 Å². The number of aryl methyl sites for hydroxylation is 1. The summed E-state index contributed by atoms with van der Waals surface area (Å²) in [5, 5.41) is 21.9. The number of phenols is 1. The predicted octanol–water partition coefficient (Wildman–Crippen LogP) is 4.63. The second kappa shape index (κ2) is 7.26. The first kappa shape index (κ1) is 17.3. The van der Waals surface area contributed by atoms with Gasteiger partial charge >= 0.3 is 0 Å². The van der Waals surface area contributed by atoms with Crippen LogP contribution in [-0.2, 0) is 0 Å². The second-order valence-corrected chi connectivity index (χ2v) is 7.19. The highest BCUT2D eigenvalue weighted by atomic mass is 32.1. The lowest BCUT2D eigenvalue weighted by molar-refractivity contribution is 0.475. The molecule has 27 heavy (non-hydrogen) atoms.